The minimum Gasteiger partial charge on any atom is -0.319 e. The molecule has 0 unspecified atom stereocenters. The van der Waals surface area contributed by atoms with Gasteiger partial charge in [0.05, 0.1) is 23.3 Å². The van der Waals surface area contributed by atoms with Crippen LogP contribution in [0.3, 0.4) is 0 Å². The Balaban J connectivity index is 2.01. The van der Waals surface area contributed by atoms with Crippen molar-refractivity contribution in [2.75, 3.05) is 32.0 Å². The van der Waals surface area contributed by atoms with Crippen molar-refractivity contribution in [1.29, 1.82) is 0 Å². The number of hydrogen-bond donors (Lipinski definition) is 1. The van der Waals surface area contributed by atoms with Gasteiger partial charge in [-0.25, -0.2) is 8.42 Å². The quantitative estimate of drug-likeness (QED) is 0.637. The molecule has 2 rings (SSSR count). The lowest BCUT2D eigenvalue weighted by Gasteiger charge is -2.21. The van der Waals surface area contributed by atoms with Crippen LogP contribution in [0.1, 0.15) is 38.1 Å². The van der Waals surface area contributed by atoms with Crippen LogP contribution in [-0.4, -0.2) is 66.0 Å². The van der Waals surface area contributed by atoms with Gasteiger partial charge in [-0.05, 0) is 51.2 Å². The highest BCUT2D eigenvalue weighted by Gasteiger charge is 2.23. The van der Waals surface area contributed by atoms with Gasteiger partial charge in [0, 0.05) is 31.4 Å². The second-order valence-electron chi connectivity index (χ2n) is 7.11. The number of aromatic nitrogens is 2. The van der Waals surface area contributed by atoms with E-state index < -0.39 is 10.0 Å². The summed E-state index contributed by atoms with van der Waals surface area (Å²) in [7, 11) is -2.03. The van der Waals surface area contributed by atoms with Gasteiger partial charge in [-0.3, -0.25) is 9.48 Å². The Labute approximate surface area is 173 Å². The number of anilines is 1. The average Bonchev–Trinajstić information content (AvgIpc) is 3.15. The second kappa shape index (κ2) is 10.00. The molecular formula is C20H31N5O3S. The molecule has 0 saturated heterocycles. The molecule has 0 bridgehead atoms. The maximum absolute atomic E-state index is 12.5. The van der Waals surface area contributed by atoms with Crippen LogP contribution in [0.4, 0.5) is 5.69 Å². The fourth-order valence-corrected chi connectivity index (χ4v) is 4.13. The van der Waals surface area contributed by atoms with Gasteiger partial charge in [-0.1, -0.05) is 13.8 Å². The molecule has 0 saturated carbocycles. The minimum atomic E-state index is -3.57. The minimum absolute atomic E-state index is 0.152. The van der Waals surface area contributed by atoms with Gasteiger partial charge >= 0.3 is 0 Å². The molecule has 1 heterocycles. The van der Waals surface area contributed by atoms with Crippen molar-refractivity contribution in [1.82, 2.24) is 19.0 Å². The van der Waals surface area contributed by atoms with Crippen LogP contribution in [0.5, 0.6) is 0 Å². The lowest BCUT2D eigenvalue weighted by Crippen LogP contribution is -2.33. The van der Waals surface area contributed by atoms with Crippen molar-refractivity contribution in [2.24, 2.45) is 0 Å². The monoisotopic (exact) mass is 421 g/mol. The van der Waals surface area contributed by atoms with Crippen LogP contribution in [0.25, 0.3) is 0 Å². The Morgan fingerprint density at radius 1 is 1.17 bits per heavy atom. The van der Waals surface area contributed by atoms with Crippen LogP contribution in [-0.2, 0) is 16.6 Å². The summed E-state index contributed by atoms with van der Waals surface area (Å²) in [5, 5.41) is 7.07. The van der Waals surface area contributed by atoms with E-state index in [1.54, 1.807) is 24.1 Å². The molecule has 1 amide bonds. The predicted octanol–water partition coefficient (Wildman–Crippen LogP) is 2.51. The molecule has 1 aromatic carbocycles. The summed E-state index contributed by atoms with van der Waals surface area (Å²) in [5.41, 5.74) is 0.984. The Morgan fingerprint density at radius 2 is 1.79 bits per heavy atom. The molecule has 0 atom stereocenters. The van der Waals surface area contributed by atoms with E-state index in [0.717, 1.165) is 26.2 Å². The van der Waals surface area contributed by atoms with Gasteiger partial charge < -0.3 is 10.2 Å². The van der Waals surface area contributed by atoms with Crippen LogP contribution < -0.4 is 5.32 Å². The van der Waals surface area contributed by atoms with Gasteiger partial charge in [-0.15, -0.1) is 0 Å². The molecule has 0 fully saturated rings. The fraction of sp³-hybridized carbons (Fsp3) is 0.500. The zero-order chi connectivity index (χ0) is 21.6. The largest absolute Gasteiger partial charge is 0.319 e. The molecule has 0 aliphatic carbocycles. The standard InChI is InChI=1S/C20H31N5O3S/c1-6-24(7-2)12-13-25-15-18(14-21-25)22-20(26)17-8-10-19(11-9-17)29(27,28)23(5)16(3)4/h8-11,14-16H,6-7,12-13H2,1-5H3,(H,22,26). The lowest BCUT2D eigenvalue weighted by molar-refractivity contribution is 0.102. The summed E-state index contributed by atoms with van der Waals surface area (Å²) in [5.74, 6) is -0.311. The first kappa shape index (κ1) is 23.1. The van der Waals surface area contributed by atoms with Crippen molar-refractivity contribution in [2.45, 2.75) is 45.2 Å². The van der Waals surface area contributed by atoms with Crippen molar-refractivity contribution in [3.05, 3.63) is 42.2 Å². The molecule has 0 aliphatic rings. The van der Waals surface area contributed by atoms with Crippen molar-refractivity contribution in [3.8, 4) is 0 Å². The molecule has 1 N–H and O–H groups in total. The number of sulfonamides is 1. The maximum atomic E-state index is 12.5. The highest BCUT2D eigenvalue weighted by atomic mass is 32.2. The summed E-state index contributed by atoms with van der Waals surface area (Å²) in [6, 6.07) is 5.79. The molecular weight excluding hydrogens is 390 g/mol. The molecule has 160 valence electrons. The molecule has 1 aromatic heterocycles. The maximum Gasteiger partial charge on any atom is 0.255 e. The third-order valence-electron chi connectivity index (χ3n) is 4.95. The van der Waals surface area contributed by atoms with E-state index in [9.17, 15) is 13.2 Å². The zero-order valence-electron chi connectivity index (χ0n) is 17.8. The molecule has 9 heteroatoms. The SMILES string of the molecule is CCN(CC)CCn1cc(NC(=O)c2ccc(S(=O)(=O)N(C)C(C)C)cc2)cn1. The first-order chi connectivity index (χ1) is 13.7. The molecule has 0 radical (unpaired) electrons. The normalized spacial score (nSPS) is 12.1. The Bertz CT molecular complexity index is 902. The fourth-order valence-electron chi connectivity index (χ4n) is 2.76. The molecule has 0 spiro atoms. The van der Waals surface area contributed by atoms with Crippen molar-refractivity contribution < 1.29 is 13.2 Å². The summed E-state index contributed by atoms with van der Waals surface area (Å²) in [6.07, 6.45) is 3.40. The van der Waals surface area contributed by atoms with Crippen molar-refractivity contribution >= 4 is 21.6 Å². The van der Waals surface area contributed by atoms with E-state index in [2.05, 4.69) is 29.2 Å². The van der Waals surface area contributed by atoms with Crippen molar-refractivity contribution in [3.63, 3.8) is 0 Å². The number of rotatable bonds is 10. The second-order valence-corrected chi connectivity index (χ2v) is 9.11. The number of nitrogens with one attached hydrogen (secondary N) is 1. The van der Waals surface area contributed by atoms with E-state index in [1.807, 2.05) is 13.8 Å². The first-order valence-electron chi connectivity index (χ1n) is 9.83. The number of carbonyl (C=O) groups excluding carboxylic acids is 1. The molecule has 0 aliphatic heterocycles. The smallest absolute Gasteiger partial charge is 0.255 e. The number of carbonyl (C=O) groups is 1. The summed E-state index contributed by atoms with van der Waals surface area (Å²) < 4.78 is 28.1. The van der Waals surface area contributed by atoms with Gasteiger partial charge in [0.25, 0.3) is 5.91 Å². The van der Waals surface area contributed by atoms with Crippen LogP contribution >= 0.6 is 0 Å². The zero-order valence-corrected chi connectivity index (χ0v) is 18.6. The Hall–Kier alpha value is -2.23. The summed E-state index contributed by atoms with van der Waals surface area (Å²) >= 11 is 0. The van der Waals surface area contributed by atoms with Crippen LogP contribution in [0.15, 0.2) is 41.6 Å². The lowest BCUT2D eigenvalue weighted by atomic mass is 10.2. The van der Waals surface area contributed by atoms with E-state index in [1.165, 1.54) is 28.6 Å². The summed E-state index contributed by atoms with van der Waals surface area (Å²) in [6.45, 7) is 11.5. The third-order valence-corrected chi connectivity index (χ3v) is 7.00. The topological polar surface area (TPSA) is 87.5 Å². The highest BCUT2D eigenvalue weighted by Crippen LogP contribution is 2.18. The molecule has 29 heavy (non-hydrogen) atoms. The van der Waals surface area contributed by atoms with E-state index in [4.69, 9.17) is 0 Å². The highest BCUT2D eigenvalue weighted by molar-refractivity contribution is 7.89. The van der Waals surface area contributed by atoms with Gasteiger partial charge in [-0.2, -0.15) is 9.40 Å². The molecule has 8 nitrogen and oxygen atoms in total. The van der Waals surface area contributed by atoms with Gasteiger partial charge in [0.2, 0.25) is 10.0 Å². The number of likely N-dealkylation sites (N-methyl/N-ethyl adjacent to an activating group) is 1. The van der Waals surface area contributed by atoms with Crippen LogP contribution in [0.2, 0.25) is 0 Å². The number of amides is 1. The Kier molecular flexibility index (Phi) is 7.95. The first-order valence-corrected chi connectivity index (χ1v) is 11.3. The average molecular weight is 422 g/mol. The van der Waals surface area contributed by atoms with E-state index >= 15 is 0 Å². The van der Waals surface area contributed by atoms with Crippen LogP contribution in [0, 0.1) is 0 Å². The predicted molar refractivity (Wildman–Crippen MR) is 114 cm³/mol. The summed E-state index contributed by atoms with van der Waals surface area (Å²) in [4.78, 5) is 14.9. The molecule has 2 aromatic rings. The number of hydrogen-bond acceptors (Lipinski definition) is 5. The van der Waals surface area contributed by atoms with Gasteiger partial charge in [0.1, 0.15) is 0 Å². The third kappa shape index (κ3) is 5.88. The Morgan fingerprint density at radius 3 is 2.34 bits per heavy atom. The van der Waals surface area contributed by atoms with Gasteiger partial charge in [0.15, 0.2) is 0 Å². The number of benzene rings is 1. The number of nitrogens with zero attached hydrogens (tertiary/aromatic N) is 4. The van der Waals surface area contributed by atoms with E-state index in [-0.39, 0.29) is 16.8 Å². The van der Waals surface area contributed by atoms with E-state index in [0.29, 0.717) is 11.3 Å².